The Bertz CT molecular complexity index is 991. The zero-order chi connectivity index (χ0) is 24.3. The van der Waals surface area contributed by atoms with E-state index in [4.69, 9.17) is 5.10 Å². The second-order valence-electron chi connectivity index (χ2n) is 10.8. The number of fused-ring (bicyclic) bond motifs is 1. The van der Waals surface area contributed by atoms with E-state index in [2.05, 4.69) is 38.2 Å². The normalized spacial score (nSPS) is 22.7. The first-order chi connectivity index (χ1) is 16.3. The number of carbonyl (C=O) groups is 2. The average Bonchev–Trinajstić information content (AvgIpc) is 3.23. The largest absolute Gasteiger partial charge is 0.351 e. The van der Waals surface area contributed by atoms with Gasteiger partial charge in [0.15, 0.2) is 0 Å². The van der Waals surface area contributed by atoms with Crippen LogP contribution in [-0.4, -0.2) is 44.6 Å². The topological polar surface area (TPSA) is 67.2 Å². The predicted octanol–water partition coefficient (Wildman–Crippen LogP) is 5.25. The molecule has 2 aliphatic rings. The highest BCUT2D eigenvalue weighted by molar-refractivity contribution is 5.99. The van der Waals surface area contributed by atoms with E-state index in [0.717, 1.165) is 31.4 Å². The van der Waals surface area contributed by atoms with Gasteiger partial charge in [-0.05, 0) is 43.2 Å². The van der Waals surface area contributed by atoms with Gasteiger partial charge in [-0.25, -0.2) is 0 Å². The molecule has 2 heterocycles. The molecule has 1 aliphatic heterocycles. The summed E-state index contributed by atoms with van der Waals surface area (Å²) in [6.07, 6.45) is 8.08. The molecule has 1 aromatic heterocycles. The molecular weight excluding hydrogens is 424 g/mol. The smallest absolute Gasteiger partial charge is 0.273 e. The summed E-state index contributed by atoms with van der Waals surface area (Å²) in [4.78, 5) is 29.5. The van der Waals surface area contributed by atoms with Crippen LogP contribution < -0.4 is 5.32 Å². The maximum atomic E-state index is 13.9. The number of aromatic nitrogens is 2. The predicted molar refractivity (Wildman–Crippen MR) is 135 cm³/mol. The van der Waals surface area contributed by atoms with Crippen molar-refractivity contribution in [2.24, 2.45) is 0 Å². The van der Waals surface area contributed by atoms with E-state index in [9.17, 15) is 9.59 Å². The van der Waals surface area contributed by atoms with E-state index in [-0.39, 0.29) is 29.7 Å². The van der Waals surface area contributed by atoms with Gasteiger partial charge in [-0.1, -0.05) is 83.2 Å². The van der Waals surface area contributed by atoms with Crippen molar-refractivity contribution in [3.63, 3.8) is 0 Å². The molecule has 0 saturated heterocycles. The standard InChI is InChI=1S/C28H40N4O2/c1-20(2)24-17-25-26(33)31(18-21(3)22-13-9-8-10-14-22)28(4,19-32(25)30-24)27(34)29-23-15-11-6-5-7-12-16-23/h8-10,13-14,17,20-21,23H,5-7,11-12,15-16,18-19H2,1-4H3,(H,29,34). The van der Waals surface area contributed by atoms with Gasteiger partial charge in [0.25, 0.3) is 5.91 Å². The Labute approximate surface area is 204 Å². The lowest BCUT2D eigenvalue weighted by Gasteiger charge is -2.45. The van der Waals surface area contributed by atoms with E-state index in [1.165, 1.54) is 24.8 Å². The SMILES string of the molecule is CC(C)c1cc2n(n1)CC(C)(C(=O)NC1CCCCCCC1)N(CC(C)c1ccccc1)C2=O. The lowest BCUT2D eigenvalue weighted by atomic mass is 9.90. The molecule has 1 aliphatic carbocycles. The molecule has 0 bridgehead atoms. The van der Waals surface area contributed by atoms with Crippen molar-refractivity contribution in [3.8, 4) is 0 Å². The van der Waals surface area contributed by atoms with Crippen LogP contribution in [0.3, 0.4) is 0 Å². The van der Waals surface area contributed by atoms with Gasteiger partial charge in [-0.2, -0.15) is 5.10 Å². The molecule has 6 nitrogen and oxygen atoms in total. The number of nitrogens with zero attached hydrogens (tertiary/aromatic N) is 3. The van der Waals surface area contributed by atoms with Gasteiger partial charge in [0.1, 0.15) is 11.2 Å². The molecule has 1 saturated carbocycles. The molecule has 1 N–H and O–H groups in total. The minimum absolute atomic E-state index is 0.0565. The molecule has 1 aromatic carbocycles. The van der Waals surface area contributed by atoms with Crippen LogP contribution in [0.5, 0.6) is 0 Å². The van der Waals surface area contributed by atoms with Crippen LogP contribution in [0.4, 0.5) is 0 Å². The Kier molecular flexibility index (Phi) is 7.44. The van der Waals surface area contributed by atoms with Crippen molar-refractivity contribution in [1.82, 2.24) is 20.0 Å². The molecule has 0 radical (unpaired) electrons. The minimum atomic E-state index is -0.990. The number of rotatable bonds is 6. The van der Waals surface area contributed by atoms with Gasteiger partial charge >= 0.3 is 0 Å². The second kappa shape index (κ2) is 10.3. The first-order valence-electron chi connectivity index (χ1n) is 13.0. The summed E-state index contributed by atoms with van der Waals surface area (Å²) in [5, 5.41) is 8.06. The number of nitrogens with one attached hydrogen (secondary N) is 1. The van der Waals surface area contributed by atoms with Crippen LogP contribution in [-0.2, 0) is 11.3 Å². The van der Waals surface area contributed by atoms with Crippen LogP contribution in [0.2, 0.25) is 0 Å². The fourth-order valence-corrected chi connectivity index (χ4v) is 5.33. The fourth-order valence-electron chi connectivity index (χ4n) is 5.33. The zero-order valence-electron chi connectivity index (χ0n) is 21.2. The van der Waals surface area contributed by atoms with Crippen molar-refractivity contribution in [3.05, 3.63) is 53.3 Å². The molecule has 2 aromatic rings. The highest BCUT2D eigenvalue weighted by Gasteiger charge is 2.48. The van der Waals surface area contributed by atoms with Gasteiger partial charge in [-0.3, -0.25) is 14.3 Å². The third-order valence-electron chi connectivity index (χ3n) is 7.66. The van der Waals surface area contributed by atoms with Crippen molar-refractivity contribution in [1.29, 1.82) is 0 Å². The Morgan fingerprint density at radius 3 is 2.38 bits per heavy atom. The monoisotopic (exact) mass is 464 g/mol. The van der Waals surface area contributed by atoms with E-state index in [1.54, 1.807) is 4.68 Å². The minimum Gasteiger partial charge on any atom is -0.351 e. The second-order valence-corrected chi connectivity index (χ2v) is 10.8. The summed E-state index contributed by atoms with van der Waals surface area (Å²) < 4.78 is 1.76. The maximum Gasteiger partial charge on any atom is 0.273 e. The van der Waals surface area contributed by atoms with Gasteiger partial charge in [0, 0.05) is 12.6 Å². The Hall–Kier alpha value is -2.63. The number of hydrogen-bond acceptors (Lipinski definition) is 3. The van der Waals surface area contributed by atoms with E-state index < -0.39 is 5.54 Å². The zero-order valence-corrected chi connectivity index (χ0v) is 21.2. The number of amides is 2. The van der Waals surface area contributed by atoms with E-state index in [0.29, 0.717) is 18.8 Å². The summed E-state index contributed by atoms with van der Waals surface area (Å²) in [5.41, 5.74) is 1.65. The first kappa shape index (κ1) is 24.5. The molecular formula is C28H40N4O2. The average molecular weight is 465 g/mol. The van der Waals surface area contributed by atoms with E-state index in [1.807, 2.05) is 36.1 Å². The van der Waals surface area contributed by atoms with Crippen LogP contribution in [0.25, 0.3) is 0 Å². The Morgan fingerprint density at radius 1 is 1.09 bits per heavy atom. The third-order valence-corrected chi connectivity index (χ3v) is 7.66. The number of benzene rings is 1. The van der Waals surface area contributed by atoms with Crippen molar-refractivity contribution >= 4 is 11.8 Å². The quantitative estimate of drug-likeness (QED) is 0.635. The highest BCUT2D eigenvalue weighted by Crippen LogP contribution is 2.32. The fraction of sp³-hybridized carbons (Fsp3) is 0.607. The summed E-state index contributed by atoms with van der Waals surface area (Å²) in [7, 11) is 0. The molecule has 1 fully saturated rings. The maximum absolute atomic E-state index is 13.9. The highest BCUT2D eigenvalue weighted by atomic mass is 16.2. The molecule has 2 atom stereocenters. The summed E-state index contributed by atoms with van der Waals surface area (Å²) in [5.74, 6) is 0.165. The van der Waals surface area contributed by atoms with Crippen LogP contribution in [0.15, 0.2) is 36.4 Å². The third kappa shape index (κ3) is 5.06. The Balaban J connectivity index is 1.64. The molecule has 6 heteroatoms. The van der Waals surface area contributed by atoms with Gasteiger partial charge in [0.05, 0.1) is 12.2 Å². The summed E-state index contributed by atoms with van der Waals surface area (Å²) in [6, 6.07) is 12.3. The molecule has 184 valence electrons. The van der Waals surface area contributed by atoms with Crippen molar-refractivity contribution in [2.45, 2.75) is 103 Å². The number of hydrogen-bond donors (Lipinski definition) is 1. The van der Waals surface area contributed by atoms with Crippen molar-refractivity contribution < 1.29 is 9.59 Å². The van der Waals surface area contributed by atoms with Gasteiger partial charge in [-0.15, -0.1) is 0 Å². The molecule has 0 spiro atoms. The van der Waals surface area contributed by atoms with Crippen LogP contribution in [0, 0.1) is 0 Å². The molecule has 2 unspecified atom stereocenters. The van der Waals surface area contributed by atoms with Crippen molar-refractivity contribution in [2.75, 3.05) is 6.54 Å². The molecule has 2 amide bonds. The summed E-state index contributed by atoms with van der Waals surface area (Å²) >= 11 is 0. The lowest BCUT2D eigenvalue weighted by molar-refractivity contribution is -0.134. The number of carbonyl (C=O) groups excluding carboxylic acids is 2. The van der Waals surface area contributed by atoms with Crippen LogP contribution in [0.1, 0.15) is 106 Å². The van der Waals surface area contributed by atoms with E-state index >= 15 is 0 Å². The summed E-state index contributed by atoms with van der Waals surface area (Å²) in [6.45, 7) is 9.06. The molecule has 34 heavy (non-hydrogen) atoms. The lowest BCUT2D eigenvalue weighted by Crippen LogP contribution is -2.65. The van der Waals surface area contributed by atoms with Gasteiger partial charge in [0.2, 0.25) is 5.91 Å². The van der Waals surface area contributed by atoms with Gasteiger partial charge < -0.3 is 10.2 Å². The Morgan fingerprint density at radius 2 is 1.74 bits per heavy atom. The van der Waals surface area contributed by atoms with Crippen LogP contribution >= 0.6 is 0 Å². The molecule has 4 rings (SSSR count). The first-order valence-corrected chi connectivity index (χ1v) is 13.0.